The Morgan fingerprint density at radius 2 is 1.40 bits per heavy atom. The molecule has 20 heavy (non-hydrogen) atoms. The molecule has 1 atom stereocenters. The van der Waals surface area contributed by atoms with Crippen molar-refractivity contribution < 1.29 is 4.79 Å². The summed E-state index contributed by atoms with van der Waals surface area (Å²) in [6.45, 7) is 8.31. The summed E-state index contributed by atoms with van der Waals surface area (Å²) in [7, 11) is 0. The molecule has 0 rings (SSSR count). The number of rotatable bonds is 13. The number of amides is 1. The predicted octanol–water partition coefficient (Wildman–Crippen LogP) is 4.10. The lowest BCUT2D eigenvalue weighted by Crippen LogP contribution is -2.37. The fourth-order valence-electron chi connectivity index (χ4n) is 2.32. The first-order chi connectivity index (χ1) is 9.65. The molecule has 120 valence electrons. The Hall–Kier alpha value is -0.570. The molecule has 0 aliphatic carbocycles. The van der Waals surface area contributed by atoms with Gasteiger partial charge in [0.15, 0.2) is 0 Å². The zero-order valence-electron chi connectivity index (χ0n) is 14.0. The van der Waals surface area contributed by atoms with Crippen LogP contribution in [0.15, 0.2) is 0 Å². The maximum atomic E-state index is 12.3. The van der Waals surface area contributed by atoms with Crippen LogP contribution in [0.4, 0.5) is 0 Å². The van der Waals surface area contributed by atoms with E-state index in [9.17, 15) is 4.79 Å². The zero-order valence-corrected chi connectivity index (χ0v) is 14.0. The number of nitrogens with two attached hydrogens (primary N) is 1. The first kappa shape index (κ1) is 19.4. The van der Waals surface area contributed by atoms with Crippen LogP contribution >= 0.6 is 0 Å². The Balaban J connectivity index is 4.11. The molecule has 0 bridgehead atoms. The van der Waals surface area contributed by atoms with E-state index in [1.807, 2.05) is 6.92 Å². The van der Waals surface area contributed by atoms with Crippen LogP contribution in [0.2, 0.25) is 0 Å². The van der Waals surface area contributed by atoms with Gasteiger partial charge in [0.25, 0.3) is 0 Å². The third-order valence-electron chi connectivity index (χ3n) is 3.88. The van der Waals surface area contributed by atoms with Gasteiger partial charge in [-0.3, -0.25) is 4.79 Å². The van der Waals surface area contributed by atoms with E-state index in [1.54, 1.807) is 0 Å². The van der Waals surface area contributed by atoms with E-state index in [0.717, 1.165) is 32.4 Å². The molecule has 1 unspecified atom stereocenters. The summed E-state index contributed by atoms with van der Waals surface area (Å²) < 4.78 is 0. The van der Waals surface area contributed by atoms with Gasteiger partial charge in [0.2, 0.25) is 5.91 Å². The molecule has 0 heterocycles. The van der Waals surface area contributed by atoms with Gasteiger partial charge in [0, 0.05) is 25.6 Å². The highest BCUT2D eigenvalue weighted by Crippen LogP contribution is 2.08. The maximum absolute atomic E-state index is 12.3. The van der Waals surface area contributed by atoms with Gasteiger partial charge in [-0.1, -0.05) is 59.3 Å². The number of carbonyl (C=O) groups is 1. The first-order valence-corrected chi connectivity index (χ1v) is 8.68. The second-order valence-electron chi connectivity index (χ2n) is 5.87. The van der Waals surface area contributed by atoms with Gasteiger partial charge in [-0.2, -0.15) is 0 Å². The molecule has 2 N–H and O–H groups in total. The SMILES string of the molecule is CCCCCCN(CCCCCC)C(=O)CC(N)CC. The summed E-state index contributed by atoms with van der Waals surface area (Å²) in [5.74, 6) is 0.257. The van der Waals surface area contributed by atoms with Gasteiger partial charge >= 0.3 is 0 Å². The summed E-state index contributed by atoms with van der Waals surface area (Å²) in [4.78, 5) is 14.3. The van der Waals surface area contributed by atoms with Crippen molar-refractivity contribution in [3.8, 4) is 0 Å². The molecule has 3 heteroatoms. The smallest absolute Gasteiger partial charge is 0.224 e. The van der Waals surface area contributed by atoms with Crippen LogP contribution in [0.25, 0.3) is 0 Å². The average molecular weight is 284 g/mol. The number of unbranched alkanes of at least 4 members (excludes halogenated alkanes) is 6. The molecule has 0 saturated heterocycles. The average Bonchev–Trinajstić information content (AvgIpc) is 2.45. The molecule has 0 aromatic rings. The molecule has 0 radical (unpaired) electrons. The van der Waals surface area contributed by atoms with Crippen molar-refractivity contribution in [1.82, 2.24) is 4.90 Å². The lowest BCUT2D eigenvalue weighted by atomic mass is 10.1. The van der Waals surface area contributed by atoms with Gasteiger partial charge in [-0.05, 0) is 19.3 Å². The standard InChI is InChI=1S/C17H36N2O/c1-4-7-9-11-13-19(14-12-10-8-5-2)17(20)15-16(18)6-3/h16H,4-15,18H2,1-3H3. The summed E-state index contributed by atoms with van der Waals surface area (Å²) in [5.41, 5.74) is 5.92. The van der Waals surface area contributed by atoms with Crippen LogP contribution in [-0.2, 0) is 4.79 Å². The number of carbonyl (C=O) groups excluding carboxylic acids is 1. The van der Waals surface area contributed by atoms with E-state index >= 15 is 0 Å². The molecule has 0 saturated carbocycles. The molecule has 0 aliphatic heterocycles. The molecule has 1 amide bonds. The minimum Gasteiger partial charge on any atom is -0.343 e. The van der Waals surface area contributed by atoms with Crippen LogP contribution in [-0.4, -0.2) is 29.9 Å². The lowest BCUT2D eigenvalue weighted by molar-refractivity contribution is -0.131. The van der Waals surface area contributed by atoms with Crippen LogP contribution in [0.3, 0.4) is 0 Å². The van der Waals surface area contributed by atoms with Gasteiger partial charge in [0.05, 0.1) is 0 Å². The number of hydrogen-bond acceptors (Lipinski definition) is 2. The van der Waals surface area contributed by atoms with E-state index in [1.165, 1.54) is 38.5 Å². The van der Waals surface area contributed by atoms with E-state index in [2.05, 4.69) is 18.7 Å². The molecular weight excluding hydrogens is 248 g/mol. The molecule has 0 aromatic heterocycles. The monoisotopic (exact) mass is 284 g/mol. The molecule has 0 aromatic carbocycles. The minimum atomic E-state index is 0.0243. The van der Waals surface area contributed by atoms with Gasteiger partial charge < -0.3 is 10.6 Å². The van der Waals surface area contributed by atoms with Crippen LogP contribution in [0.1, 0.15) is 85.0 Å². The Morgan fingerprint density at radius 3 is 1.80 bits per heavy atom. The third kappa shape index (κ3) is 10.2. The largest absolute Gasteiger partial charge is 0.343 e. The molecule has 0 spiro atoms. The fraction of sp³-hybridized carbons (Fsp3) is 0.941. The van der Waals surface area contributed by atoms with Crippen molar-refractivity contribution in [2.75, 3.05) is 13.1 Å². The van der Waals surface area contributed by atoms with Gasteiger partial charge in [-0.25, -0.2) is 0 Å². The highest BCUT2D eigenvalue weighted by Gasteiger charge is 2.15. The van der Waals surface area contributed by atoms with E-state index in [4.69, 9.17) is 5.73 Å². The first-order valence-electron chi connectivity index (χ1n) is 8.68. The summed E-state index contributed by atoms with van der Waals surface area (Å²) in [6, 6.07) is 0.0243. The van der Waals surface area contributed by atoms with E-state index in [-0.39, 0.29) is 11.9 Å². The second kappa shape index (κ2) is 13.4. The Kier molecular flexibility index (Phi) is 13.0. The minimum absolute atomic E-state index is 0.0243. The number of nitrogens with zero attached hydrogens (tertiary/aromatic N) is 1. The molecule has 3 nitrogen and oxygen atoms in total. The van der Waals surface area contributed by atoms with E-state index in [0.29, 0.717) is 6.42 Å². The van der Waals surface area contributed by atoms with Crippen LogP contribution < -0.4 is 5.73 Å². The second-order valence-corrected chi connectivity index (χ2v) is 5.87. The van der Waals surface area contributed by atoms with Crippen molar-refractivity contribution in [3.05, 3.63) is 0 Å². The highest BCUT2D eigenvalue weighted by atomic mass is 16.2. The maximum Gasteiger partial charge on any atom is 0.224 e. The summed E-state index contributed by atoms with van der Waals surface area (Å²) in [5, 5.41) is 0. The van der Waals surface area contributed by atoms with Crippen molar-refractivity contribution in [3.63, 3.8) is 0 Å². The van der Waals surface area contributed by atoms with Crippen LogP contribution in [0.5, 0.6) is 0 Å². The quantitative estimate of drug-likeness (QED) is 0.517. The zero-order chi connectivity index (χ0) is 15.2. The Morgan fingerprint density at radius 1 is 0.900 bits per heavy atom. The predicted molar refractivity (Wildman–Crippen MR) is 87.7 cm³/mol. The molecular formula is C17H36N2O. The lowest BCUT2D eigenvalue weighted by Gasteiger charge is -2.24. The van der Waals surface area contributed by atoms with Crippen molar-refractivity contribution in [2.24, 2.45) is 5.73 Å². The summed E-state index contributed by atoms with van der Waals surface area (Å²) in [6.07, 6.45) is 11.1. The van der Waals surface area contributed by atoms with Gasteiger partial charge in [-0.15, -0.1) is 0 Å². The normalized spacial score (nSPS) is 12.4. The number of hydrogen-bond donors (Lipinski definition) is 1. The Labute approximate surface area is 126 Å². The van der Waals surface area contributed by atoms with Crippen molar-refractivity contribution in [1.29, 1.82) is 0 Å². The molecule has 0 aliphatic rings. The van der Waals surface area contributed by atoms with E-state index < -0.39 is 0 Å². The highest BCUT2D eigenvalue weighted by molar-refractivity contribution is 5.76. The third-order valence-corrected chi connectivity index (χ3v) is 3.88. The molecule has 0 fully saturated rings. The van der Waals surface area contributed by atoms with Crippen molar-refractivity contribution in [2.45, 2.75) is 91.0 Å². The van der Waals surface area contributed by atoms with Crippen molar-refractivity contribution >= 4 is 5.91 Å². The fourth-order valence-corrected chi connectivity index (χ4v) is 2.32. The Bertz CT molecular complexity index is 219. The topological polar surface area (TPSA) is 46.3 Å². The van der Waals surface area contributed by atoms with Gasteiger partial charge in [0.1, 0.15) is 0 Å². The summed E-state index contributed by atoms with van der Waals surface area (Å²) >= 11 is 0. The van der Waals surface area contributed by atoms with Crippen LogP contribution in [0, 0.1) is 0 Å².